The van der Waals surface area contributed by atoms with E-state index in [-0.39, 0.29) is 17.1 Å². The fourth-order valence-corrected chi connectivity index (χ4v) is 4.98. The van der Waals surface area contributed by atoms with Crippen LogP contribution in [0.25, 0.3) is 0 Å². The third kappa shape index (κ3) is 5.65. The predicted octanol–water partition coefficient (Wildman–Crippen LogP) is 4.97. The van der Waals surface area contributed by atoms with Crippen molar-refractivity contribution < 1.29 is 13.3 Å². The standard InChI is InChI=1S/C24H24N2O4S/c1-2-22(14-13-20-9-5-3-6-10-20)25(19-21-11-7-4-8-12-21)31(29,30)24-17-15-23(16-18-24)26(27)28/h2-12,15-18,22H,1,13-14,19H2/t22-/m0/s1. The summed E-state index contributed by atoms with van der Waals surface area (Å²) >= 11 is 0. The van der Waals surface area contributed by atoms with Crippen LogP contribution < -0.4 is 0 Å². The lowest BCUT2D eigenvalue weighted by Gasteiger charge is -2.29. The van der Waals surface area contributed by atoms with Gasteiger partial charge in [-0.15, -0.1) is 6.58 Å². The average molecular weight is 437 g/mol. The van der Waals surface area contributed by atoms with Gasteiger partial charge in [0.1, 0.15) is 0 Å². The van der Waals surface area contributed by atoms with E-state index in [0.717, 1.165) is 11.1 Å². The van der Waals surface area contributed by atoms with E-state index in [1.54, 1.807) is 6.08 Å². The number of benzene rings is 3. The smallest absolute Gasteiger partial charge is 0.258 e. The summed E-state index contributed by atoms with van der Waals surface area (Å²) < 4.78 is 28.5. The summed E-state index contributed by atoms with van der Waals surface area (Å²) in [5.41, 5.74) is 1.80. The largest absolute Gasteiger partial charge is 0.269 e. The SMILES string of the molecule is C=C[C@@H](CCc1ccccc1)N(Cc1ccccc1)S(=O)(=O)c1ccc([N+](=O)[O-])cc1. The monoisotopic (exact) mass is 436 g/mol. The van der Waals surface area contributed by atoms with Crippen molar-refractivity contribution in [3.8, 4) is 0 Å². The third-order valence-corrected chi connectivity index (χ3v) is 6.93. The van der Waals surface area contributed by atoms with Gasteiger partial charge in [-0.05, 0) is 36.1 Å². The summed E-state index contributed by atoms with van der Waals surface area (Å²) in [6, 6.07) is 23.7. The van der Waals surface area contributed by atoms with Crippen molar-refractivity contribution in [1.82, 2.24) is 4.31 Å². The molecule has 3 rings (SSSR count). The number of nitro benzene ring substituents is 1. The van der Waals surface area contributed by atoms with Gasteiger partial charge < -0.3 is 0 Å². The molecule has 0 radical (unpaired) electrons. The zero-order chi connectivity index (χ0) is 22.3. The van der Waals surface area contributed by atoms with Crippen LogP contribution in [0.5, 0.6) is 0 Å². The number of non-ortho nitro benzene ring substituents is 1. The van der Waals surface area contributed by atoms with Crippen LogP contribution in [0.3, 0.4) is 0 Å². The Morgan fingerprint density at radius 1 is 0.903 bits per heavy atom. The molecule has 3 aromatic carbocycles. The molecular formula is C24H24N2O4S. The molecule has 0 fully saturated rings. The third-order valence-electron chi connectivity index (χ3n) is 5.05. The molecule has 0 saturated carbocycles. The normalized spacial score (nSPS) is 12.4. The average Bonchev–Trinajstić information content (AvgIpc) is 2.80. The first-order chi connectivity index (χ1) is 14.9. The summed E-state index contributed by atoms with van der Waals surface area (Å²) in [6.07, 6.45) is 2.90. The van der Waals surface area contributed by atoms with Crippen LogP contribution in [-0.2, 0) is 23.0 Å². The highest BCUT2D eigenvalue weighted by atomic mass is 32.2. The van der Waals surface area contributed by atoms with E-state index < -0.39 is 21.0 Å². The van der Waals surface area contributed by atoms with E-state index in [0.29, 0.717) is 12.8 Å². The van der Waals surface area contributed by atoms with E-state index in [1.807, 2.05) is 60.7 Å². The molecule has 0 aliphatic carbocycles. The van der Waals surface area contributed by atoms with Crippen molar-refractivity contribution in [3.63, 3.8) is 0 Å². The molecule has 31 heavy (non-hydrogen) atoms. The molecule has 0 aliphatic heterocycles. The van der Waals surface area contributed by atoms with Crippen LogP contribution in [0.2, 0.25) is 0 Å². The Bertz CT molecular complexity index is 1120. The van der Waals surface area contributed by atoms with Gasteiger partial charge in [0.2, 0.25) is 10.0 Å². The second-order valence-electron chi connectivity index (χ2n) is 7.11. The molecule has 7 heteroatoms. The number of aryl methyl sites for hydroxylation is 1. The Labute approximate surface area is 182 Å². The molecular weight excluding hydrogens is 412 g/mol. The summed E-state index contributed by atoms with van der Waals surface area (Å²) in [5, 5.41) is 10.9. The molecule has 0 unspecified atom stereocenters. The van der Waals surface area contributed by atoms with Crippen molar-refractivity contribution in [3.05, 3.63) is 119 Å². The number of nitrogens with zero attached hydrogens (tertiary/aromatic N) is 2. The number of nitro groups is 1. The molecule has 0 spiro atoms. The van der Waals surface area contributed by atoms with Crippen LogP contribution in [-0.4, -0.2) is 23.7 Å². The van der Waals surface area contributed by atoms with E-state index in [2.05, 4.69) is 6.58 Å². The van der Waals surface area contributed by atoms with Gasteiger partial charge in [-0.25, -0.2) is 8.42 Å². The van der Waals surface area contributed by atoms with Crippen molar-refractivity contribution >= 4 is 15.7 Å². The molecule has 0 saturated heterocycles. The van der Waals surface area contributed by atoms with Crippen LogP contribution in [0.4, 0.5) is 5.69 Å². The predicted molar refractivity (Wildman–Crippen MR) is 121 cm³/mol. The Hall–Kier alpha value is -3.29. The topological polar surface area (TPSA) is 80.5 Å². The molecule has 3 aromatic rings. The Balaban J connectivity index is 1.93. The Morgan fingerprint density at radius 2 is 1.45 bits per heavy atom. The fraction of sp³-hybridized carbons (Fsp3) is 0.167. The van der Waals surface area contributed by atoms with E-state index in [1.165, 1.54) is 28.6 Å². The first-order valence-electron chi connectivity index (χ1n) is 9.88. The van der Waals surface area contributed by atoms with E-state index in [9.17, 15) is 18.5 Å². The highest BCUT2D eigenvalue weighted by Gasteiger charge is 2.30. The molecule has 0 bridgehead atoms. The van der Waals surface area contributed by atoms with Crippen molar-refractivity contribution in [2.24, 2.45) is 0 Å². The summed E-state index contributed by atoms with van der Waals surface area (Å²) in [7, 11) is -3.92. The summed E-state index contributed by atoms with van der Waals surface area (Å²) in [4.78, 5) is 10.4. The van der Waals surface area contributed by atoms with Crippen LogP contribution >= 0.6 is 0 Å². The second kappa shape index (κ2) is 10.1. The van der Waals surface area contributed by atoms with Gasteiger partial charge in [-0.3, -0.25) is 10.1 Å². The number of hydrogen-bond donors (Lipinski definition) is 0. The minimum Gasteiger partial charge on any atom is -0.258 e. The van der Waals surface area contributed by atoms with E-state index >= 15 is 0 Å². The fourth-order valence-electron chi connectivity index (χ4n) is 3.36. The molecule has 0 heterocycles. The first kappa shape index (κ1) is 22.4. The maximum atomic E-state index is 13.5. The highest BCUT2D eigenvalue weighted by molar-refractivity contribution is 7.89. The Morgan fingerprint density at radius 3 is 1.97 bits per heavy atom. The zero-order valence-electron chi connectivity index (χ0n) is 17.0. The van der Waals surface area contributed by atoms with Gasteiger partial charge in [0.05, 0.1) is 9.82 Å². The van der Waals surface area contributed by atoms with Gasteiger partial charge in [-0.2, -0.15) is 4.31 Å². The van der Waals surface area contributed by atoms with Gasteiger partial charge in [0.15, 0.2) is 0 Å². The first-order valence-corrected chi connectivity index (χ1v) is 11.3. The number of hydrogen-bond acceptors (Lipinski definition) is 4. The number of rotatable bonds is 10. The molecule has 0 aromatic heterocycles. The lowest BCUT2D eigenvalue weighted by Crippen LogP contribution is -2.39. The van der Waals surface area contributed by atoms with Gasteiger partial charge in [0, 0.05) is 24.7 Å². The quantitative estimate of drug-likeness (QED) is 0.255. The van der Waals surface area contributed by atoms with Crippen molar-refractivity contribution in [1.29, 1.82) is 0 Å². The zero-order valence-corrected chi connectivity index (χ0v) is 17.8. The highest BCUT2D eigenvalue weighted by Crippen LogP contribution is 2.25. The van der Waals surface area contributed by atoms with Crippen LogP contribution in [0.1, 0.15) is 17.5 Å². The lowest BCUT2D eigenvalue weighted by molar-refractivity contribution is -0.384. The van der Waals surface area contributed by atoms with Crippen LogP contribution in [0, 0.1) is 10.1 Å². The molecule has 160 valence electrons. The van der Waals surface area contributed by atoms with Crippen molar-refractivity contribution in [2.75, 3.05) is 0 Å². The van der Waals surface area contributed by atoms with E-state index in [4.69, 9.17) is 0 Å². The van der Waals surface area contributed by atoms with Gasteiger partial charge >= 0.3 is 0 Å². The number of sulfonamides is 1. The lowest BCUT2D eigenvalue weighted by atomic mass is 10.0. The van der Waals surface area contributed by atoms with Crippen molar-refractivity contribution in [2.45, 2.75) is 30.3 Å². The molecule has 0 aliphatic rings. The second-order valence-corrected chi connectivity index (χ2v) is 9.00. The summed E-state index contributed by atoms with van der Waals surface area (Å²) in [5.74, 6) is 0. The summed E-state index contributed by atoms with van der Waals surface area (Å²) in [6.45, 7) is 4.06. The Kier molecular flexibility index (Phi) is 7.33. The molecule has 0 N–H and O–H groups in total. The maximum Gasteiger partial charge on any atom is 0.269 e. The minimum absolute atomic E-state index is 0.0144. The minimum atomic E-state index is -3.92. The molecule has 1 atom stereocenters. The molecule has 6 nitrogen and oxygen atoms in total. The maximum absolute atomic E-state index is 13.5. The van der Waals surface area contributed by atoms with Gasteiger partial charge in [-0.1, -0.05) is 66.7 Å². The van der Waals surface area contributed by atoms with Gasteiger partial charge in [0.25, 0.3) is 5.69 Å². The molecule has 0 amide bonds. The van der Waals surface area contributed by atoms with Crippen LogP contribution in [0.15, 0.2) is 102 Å².